The van der Waals surface area contributed by atoms with Gasteiger partial charge in [-0.05, 0) is 5.41 Å². The highest BCUT2D eigenvalue weighted by Gasteiger charge is 2.25. The summed E-state index contributed by atoms with van der Waals surface area (Å²) in [6, 6.07) is -0.512. The van der Waals surface area contributed by atoms with E-state index in [1.54, 1.807) is 0 Å². The molecule has 0 aliphatic carbocycles. The molecule has 0 unspecified atom stereocenters. The molecule has 0 aromatic heterocycles. The summed E-state index contributed by atoms with van der Waals surface area (Å²) in [5.74, 6) is -0.305. The zero-order valence-electron chi connectivity index (χ0n) is 11.4. The number of hydrogen-bond donors (Lipinski definition) is 2. The van der Waals surface area contributed by atoms with Gasteiger partial charge in [-0.1, -0.05) is 20.8 Å². The van der Waals surface area contributed by atoms with Crippen LogP contribution >= 0.6 is 0 Å². The van der Waals surface area contributed by atoms with Crippen molar-refractivity contribution in [2.24, 2.45) is 11.1 Å². The molecule has 0 rings (SSSR count). The van der Waals surface area contributed by atoms with Crippen LogP contribution < -0.4 is 11.1 Å². The summed E-state index contributed by atoms with van der Waals surface area (Å²) in [6.45, 7) is 7.25. The van der Waals surface area contributed by atoms with E-state index < -0.39 is 6.04 Å². The van der Waals surface area contributed by atoms with Crippen LogP contribution in [0.3, 0.4) is 0 Å². The molecule has 6 heteroatoms. The Morgan fingerprint density at radius 1 is 1.28 bits per heavy atom. The number of amides is 1. The number of nitrogens with one attached hydrogen (secondary N) is 1. The van der Waals surface area contributed by atoms with Crippen molar-refractivity contribution in [3.8, 4) is 0 Å². The first-order valence-electron chi connectivity index (χ1n) is 6.02. The van der Waals surface area contributed by atoms with Gasteiger partial charge in [-0.25, -0.2) is 0 Å². The van der Waals surface area contributed by atoms with Crippen molar-refractivity contribution in [1.82, 2.24) is 5.32 Å². The normalized spacial score (nSPS) is 13.1. The Morgan fingerprint density at radius 2 is 1.89 bits per heavy atom. The molecule has 1 amide bonds. The van der Waals surface area contributed by atoms with E-state index in [2.05, 4.69) is 5.32 Å². The molecule has 0 bridgehead atoms. The Balaban J connectivity index is 3.73. The summed E-state index contributed by atoms with van der Waals surface area (Å²) < 4.78 is 10.2. The maximum Gasteiger partial charge on any atom is 0.246 e. The number of carbonyl (C=O) groups is 2. The van der Waals surface area contributed by atoms with Gasteiger partial charge in [0, 0.05) is 6.54 Å². The maximum absolute atomic E-state index is 11.5. The third kappa shape index (κ3) is 8.16. The molecule has 0 saturated carbocycles. The average Bonchev–Trinajstić information content (AvgIpc) is 2.29. The molecule has 106 valence electrons. The van der Waals surface area contributed by atoms with E-state index in [4.69, 9.17) is 15.2 Å². The molecule has 0 spiro atoms. The minimum absolute atomic E-state index is 0.0770. The molecular weight excluding hydrogens is 236 g/mol. The van der Waals surface area contributed by atoms with Crippen LogP contribution in [0.4, 0.5) is 0 Å². The van der Waals surface area contributed by atoms with Gasteiger partial charge in [-0.3, -0.25) is 4.79 Å². The van der Waals surface area contributed by atoms with Crippen LogP contribution in [0.2, 0.25) is 0 Å². The third-order valence-corrected chi connectivity index (χ3v) is 2.25. The molecule has 1 atom stereocenters. The Morgan fingerprint density at radius 3 is 2.39 bits per heavy atom. The zero-order valence-corrected chi connectivity index (χ0v) is 11.4. The van der Waals surface area contributed by atoms with E-state index in [9.17, 15) is 9.59 Å². The van der Waals surface area contributed by atoms with Crippen LogP contribution in [0.25, 0.3) is 0 Å². The summed E-state index contributed by atoms with van der Waals surface area (Å²) >= 11 is 0. The molecule has 0 aliphatic rings. The summed E-state index contributed by atoms with van der Waals surface area (Å²) in [5.41, 5.74) is 4.94. The van der Waals surface area contributed by atoms with Gasteiger partial charge in [0.05, 0.1) is 25.9 Å². The topological polar surface area (TPSA) is 90.7 Å². The molecule has 0 aromatic carbocycles. The Labute approximate surface area is 108 Å². The van der Waals surface area contributed by atoms with Crippen LogP contribution in [0.1, 0.15) is 20.8 Å². The van der Waals surface area contributed by atoms with Gasteiger partial charge < -0.3 is 25.3 Å². The van der Waals surface area contributed by atoms with Gasteiger partial charge in [0.1, 0.15) is 12.9 Å². The number of aldehydes is 1. The molecule has 0 aliphatic heterocycles. The molecule has 0 fully saturated rings. The van der Waals surface area contributed by atoms with E-state index in [0.717, 1.165) is 6.29 Å². The maximum atomic E-state index is 11.5. The van der Waals surface area contributed by atoms with E-state index in [1.807, 2.05) is 20.8 Å². The van der Waals surface area contributed by atoms with Crippen molar-refractivity contribution in [3.63, 3.8) is 0 Å². The second-order valence-corrected chi connectivity index (χ2v) is 5.00. The van der Waals surface area contributed by atoms with Crippen molar-refractivity contribution in [1.29, 1.82) is 0 Å². The standard InChI is InChI=1S/C12H24N2O4/c1-12(2,3)10(8-15)14-11(16)9-18-7-6-17-5-4-13/h8,10H,4-7,9,13H2,1-3H3,(H,14,16)/t10-/m1/s1. The van der Waals surface area contributed by atoms with Crippen LogP contribution in [0.15, 0.2) is 0 Å². The predicted octanol–water partition coefficient (Wildman–Crippen LogP) is -0.292. The van der Waals surface area contributed by atoms with Gasteiger partial charge in [0.25, 0.3) is 0 Å². The lowest BCUT2D eigenvalue weighted by Crippen LogP contribution is -2.46. The Kier molecular flexibility index (Phi) is 8.53. The Hall–Kier alpha value is -0.980. The minimum atomic E-state index is -0.512. The molecule has 0 heterocycles. The fourth-order valence-electron chi connectivity index (χ4n) is 1.14. The Bertz CT molecular complexity index is 251. The number of ether oxygens (including phenoxy) is 2. The highest BCUT2D eigenvalue weighted by atomic mass is 16.5. The molecule has 18 heavy (non-hydrogen) atoms. The quantitative estimate of drug-likeness (QED) is 0.439. The second-order valence-electron chi connectivity index (χ2n) is 5.00. The van der Waals surface area contributed by atoms with E-state index in [1.165, 1.54) is 0 Å². The van der Waals surface area contributed by atoms with Gasteiger partial charge in [0.2, 0.25) is 5.91 Å². The number of carbonyl (C=O) groups excluding carboxylic acids is 2. The van der Waals surface area contributed by atoms with E-state index in [0.29, 0.717) is 26.4 Å². The fraction of sp³-hybridized carbons (Fsp3) is 0.833. The van der Waals surface area contributed by atoms with Crippen molar-refractivity contribution >= 4 is 12.2 Å². The second kappa shape index (κ2) is 9.02. The zero-order chi connectivity index (χ0) is 14.0. The molecular formula is C12H24N2O4. The number of hydrogen-bond acceptors (Lipinski definition) is 5. The number of nitrogens with two attached hydrogens (primary N) is 1. The lowest BCUT2D eigenvalue weighted by molar-refractivity contribution is -0.129. The van der Waals surface area contributed by atoms with Crippen LogP contribution in [0, 0.1) is 5.41 Å². The molecule has 0 radical (unpaired) electrons. The van der Waals surface area contributed by atoms with Crippen LogP contribution in [0.5, 0.6) is 0 Å². The average molecular weight is 260 g/mol. The fourth-order valence-corrected chi connectivity index (χ4v) is 1.14. The summed E-state index contributed by atoms with van der Waals surface area (Å²) in [7, 11) is 0. The molecule has 0 aromatic rings. The number of rotatable bonds is 9. The first kappa shape index (κ1) is 17.0. The highest BCUT2D eigenvalue weighted by molar-refractivity contribution is 5.80. The third-order valence-electron chi connectivity index (χ3n) is 2.25. The predicted molar refractivity (Wildman–Crippen MR) is 68.1 cm³/mol. The smallest absolute Gasteiger partial charge is 0.246 e. The highest BCUT2D eigenvalue weighted by Crippen LogP contribution is 2.17. The van der Waals surface area contributed by atoms with Gasteiger partial charge in [-0.15, -0.1) is 0 Å². The van der Waals surface area contributed by atoms with Crippen molar-refractivity contribution in [2.75, 3.05) is 33.0 Å². The van der Waals surface area contributed by atoms with Crippen LogP contribution in [-0.2, 0) is 19.1 Å². The van der Waals surface area contributed by atoms with Gasteiger partial charge >= 0.3 is 0 Å². The lowest BCUT2D eigenvalue weighted by atomic mass is 9.88. The first-order chi connectivity index (χ1) is 8.41. The minimum Gasteiger partial charge on any atom is -0.378 e. The van der Waals surface area contributed by atoms with Crippen molar-refractivity contribution < 1.29 is 19.1 Å². The summed E-state index contributed by atoms with van der Waals surface area (Å²) in [4.78, 5) is 22.3. The van der Waals surface area contributed by atoms with E-state index >= 15 is 0 Å². The molecule has 6 nitrogen and oxygen atoms in total. The first-order valence-corrected chi connectivity index (χ1v) is 6.02. The summed E-state index contributed by atoms with van der Waals surface area (Å²) in [6.07, 6.45) is 0.738. The van der Waals surface area contributed by atoms with Gasteiger partial charge in [-0.2, -0.15) is 0 Å². The largest absolute Gasteiger partial charge is 0.378 e. The van der Waals surface area contributed by atoms with Crippen molar-refractivity contribution in [2.45, 2.75) is 26.8 Å². The summed E-state index contributed by atoms with van der Waals surface area (Å²) in [5, 5.41) is 2.62. The van der Waals surface area contributed by atoms with E-state index in [-0.39, 0.29) is 17.9 Å². The molecule has 0 saturated heterocycles. The monoisotopic (exact) mass is 260 g/mol. The SMILES string of the molecule is CC(C)(C)[C@@H](C=O)NC(=O)COCCOCCN. The van der Waals surface area contributed by atoms with Gasteiger partial charge in [0.15, 0.2) is 0 Å². The lowest BCUT2D eigenvalue weighted by Gasteiger charge is -2.26. The van der Waals surface area contributed by atoms with Crippen molar-refractivity contribution in [3.05, 3.63) is 0 Å². The van der Waals surface area contributed by atoms with Crippen LogP contribution in [-0.4, -0.2) is 51.2 Å². The molecule has 3 N–H and O–H groups in total.